The van der Waals surface area contributed by atoms with Crippen LogP contribution in [0.25, 0.3) is 0 Å². The lowest BCUT2D eigenvalue weighted by Crippen LogP contribution is -2.39. The lowest BCUT2D eigenvalue weighted by atomic mass is 9.74. The minimum atomic E-state index is -0.705. The average Bonchev–Trinajstić information content (AvgIpc) is 2.48. The summed E-state index contributed by atoms with van der Waals surface area (Å²) in [6.45, 7) is 2.59. The number of amides is 1. The van der Waals surface area contributed by atoms with E-state index in [0.717, 1.165) is 32.1 Å². The second-order valence-corrected chi connectivity index (χ2v) is 5.16. The van der Waals surface area contributed by atoms with Crippen LogP contribution in [0.4, 0.5) is 0 Å². The van der Waals surface area contributed by atoms with E-state index < -0.39 is 11.4 Å². The zero-order valence-corrected chi connectivity index (χ0v) is 9.74. The third kappa shape index (κ3) is 1.70. The SMILES string of the molecule is CC(=O)N1C[C@@H]2CCCCC[C@]2(C(=O)O)C1. The number of rotatable bonds is 1. The number of hydrogen-bond acceptors (Lipinski definition) is 2. The Balaban J connectivity index is 2.25. The Morgan fingerprint density at radius 1 is 1.31 bits per heavy atom. The van der Waals surface area contributed by atoms with Crippen LogP contribution in [0.2, 0.25) is 0 Å². The normalized spacial score (nSPS) is 34.3. The average molecular weight is 225 g/mol. The van der Waals surface area contributed by atoms with Gasteiger partial charge in [0, 0.05) is 20.0 Å². The highest BCUT2D eigenvalue weighted by molar-refractivity contribution is 5.80. The van der Waals surface area contributed by atoms with Crippen molar-refractivity contribution in [1.82, 2.24) is 4.90 Å². The fraction of sp³-hybridized carbons (Fsp3) is 0.833. The van der Waals surface area contributed by atoms with Crippen LogP contribution in [-0.4, -0.2) is 35.0 Å². The molecule has 0 aromatic carbocycles. The van der Waals surface area contributed by atoms with Crippen LogP contribution < -0.4 is 0 Å². The third-order valence-electron chi connectivity index (χ3n) is 4.24. The molecular weight excluding hydrogens is 206 g/mol. The molecule has 4 heteroatoms. The van der Waals surface area contributed by atoms with Crippen LogP contribution in [0.15, 0.2) is 0 Å². The van der Waals surface area contributed by atoms with E-state index in [1.165, 1.54) is 6.92 Å². The molecule has 0 radical (unpaired) electrons. The highest BCUT2D eigenvalue weighted by atomic mass is 16.4. The van der Waals surface area contributed by atoms with E-state index in [2.05, 4.69) is 0 Å². The van der Waals surface area contributed by atoms with Crippen molar-refractivity contribution < 1.29 is 14.7 Å². The van der Waals surface area contributed by atoms with Crippen molar-refractivity contribution in [2.45, 2.75) is 39.0 Å². The van der Waals surface area contributed by atoms with E-state index in [1.54, 1.807) is 4.90 Å². The second-order valence-electron chi connectivity index (χ2n) is 5.16. The van der Waals surface area contributed by atoms with E-state index in [9.17, 15) is 14.7 Å². The molecule has 1 saturated carbocycles. The quantitative estimate of drug-likeness (QED) is 0.735. The van der Waals surface area contributed by atoms with Crippen molar-refractivity contribution >= 4 is 11.9 Å². The summed E-state index contributed by atoms with van der Waals surface area (Å²) in [5.74, 6) is -0.534. The summed E-state index contributed by atoms with van der Waals surface area (Å²) in [5, 5.41) is 9.49. The largest absolute Gasteiger partial charge is 0.481 e. The fourth-order valence-electron chi connectivity index (χ4n) is 3.22. The number of nitrogens with zero attached hydrogens (tertiary/aromatic N) is 1. The Morgan fingerprint density at radius 3 is 2.69 bits per heavy atom. The molecule has 0 aromatic rings. The van der Waals surface area contributed by atoms with Gasteiger partial charge in [0.05, 0.1) is 5.41 Å². The maximum Gasteiger partial charge on any atom is 0.311 e. The minimum Gasteiger partial charge on any atom is -0.481 e. The molecule has 1 saturated heterocycles. The molecule has 1 heterocycles. The Morgan fingerprint density at radius 2 is 2.06 bits per heavy atom. The lowest BCUT2D eigenvalue weighted by Gasteiger charge is -2.27. The van der Waals surface area contributed by atoms with Crippen molar-refractivity contribution in [2.75, 3.05) is 13.1 Å². The molecule has 1 amide bonds. The van der Waals surface area contributed by atoms with Crippen LogP contribution in [0, 0.1) is 11.3 Å². The van der Waals surface area contributed by atoms with Gasteiger partial charge in [0.1, 0.15) is 0 Å². The first kappa shape index (κ1) is 11.4. The molecule has 0 bridgehead atoms. The van der Waals surface area contributed by atoms with Crippen molar-refractivity contribution in [2.24, 2.45) is 11.3 Å². The lowest BCUT2D eigenvalue weighted by molar-refractivity contribution is -0.151. The second kappa shape index (κ2) is 4.07. The molecule has 0 spiro atoms. The van der Waals surface area contributed by atoms with Gasteiger partial charge in [-0.1, -0.05) is 19.3 Å². The molecule has 2 aliphatic rings. The van der Waals surface area contributed by atoms with Crippen LogP contribution in [-0.2, 0) is 9.59 Å². The van der Waals surface area contributed by atoms with Crippen LogP contribution >= 0.6 is 0 Å². The monoisotopic (exact) mass is 225 g/mol. The molecule has 16 heavy (non-hydrogen) atoms. The summed E-state index contributed by atoms with van der Waals surface area (Å²) in [5.41, 5.74) is -0.651. The molecule has 2 fully saturated rings. The van der Waals surface area contributed by atoms with Crippen LogP contribution in [0.1, 0.15) is 39.0 Å². The molecule has 2 atom stereocenters. The summed E-state index contributed by atoms with van der Waals surface area (Å²) in [6, 6.07) is 0. The minimum absolute atomic E-state index is 0.00805. The number of carboxylic acid groups (broad SMARTS) is 1. The van der Waals surface area contributed by atoms with Gasteiger partial charge in [-0.2, -0.15) is 0 Å². The van der Waals surface area contributed by atoms with Crippen molar-refractivity contribution in [3.8, 4) is 0 Å². The van der Waals surface area contributed by atoms with E-state index in [0.29, 0.717) is 13.1 Å². The van der Waals surface area contributed by atoms with Crippen molar-refractivity contribution in [1.29, 1.82) is 0 Å². The molecule has 1 aliphatic heterocycles. The van der Waals surface area contributed by atoms with Gasteiger partial charge in [0.2, 0.25) is 5.91 Å². The Hall–Kier alpha value is -1.06. The van der Waals surface area contributed by atoms with Gasteiger partial charge in [0.25, 0.3) is 0 Å². The molecule has 90 valence electrons. The van der Waals surface area contributed by atoms with E-state index in [1.807, 2.05) is 0 Å². The smallest absolute Gasteiger partial charge is 0.311 e. The summed E-state index contributed by atoms with van der Waals surface area (Å²) in [6.07, 6.45) is 4.90. The number of carbonyl (C=O) groups excluding carboxylic acids is 1. The number of likely N-dealkylation sites (tertiary alicyclic amines) is 1. The number of carboxylic acids is 1. The van der Waals surface area contributed by atoms with E-state index in [4.69, 9.17) is 0 Å². The molecule has 0 unspecified atom stereocenters. The van der Waals surface area contributed by atoms with Gasteiger partial charge < -0.3 is 10.0 Å². The van der Waals surface area contributed by atoms with Gasteiger partial charge >= 0.3 is 5.97 Å². The Kier molecular flexibility index (Phi) is 2.91. The van der Waals surface area contributed by atoms with Gasteiger partial charge in [0.15, 0.2) is 0 Å². The van der Waals surface area contributed by atoms with Crippen LogP contribution in [0.3, 0.4) is 0 Å². The predicted octanol–water partition coefficient (Wildman–Crippen LogP) is 1.50. The maximum atomic E-state index is 11.5. The summed E-state index contributed by atoms with van der Waals surface area (Å²) in [4.78, 5) is 24.6. The molecule has 2 rings (SSSR count). The summed E-state index contributed by atoms with van der Waals surface area (Å²) in [7, 11) is 0. The topological polar surface area (TPSA) is 57.6 Å². The maximum absolute atomic E-state index is 11.5. The number of aliphatic carboxylic acids is 1. The zero-order chi connectivity index (χ0) is 11.8. The molecule has 4 nitrogen and oxygen atoms in total. The first-order valence-electron chi connectivity index (χ1n) is 6.05. The standard InChI is InChI=1S/C12H19NO3/c1-9(14)13-7-10-5-3-2-4-6-12(10,8-13)11(15)16/h10H,2-8H2,1H3,(H,15,16)/t10-,12-/m0/s1. The number of hydrogen-bond donors (Lipinski definition) is 1. The van der Waals surface area contributed by atoms with Crippen molar-refractivity contribution in [3.63, 3.8) is 0 Å². The number of fused-ring (bicyclic) bond motifs is 1. The first-order valence-corrected chi connectivity index (χ1v) is 6.05. The van der Waals surface area contributed by atoms with Crippen molar-refractivity contribution in [3.05, 3.63) is 0 Å². The Labute approximate surface area is 95.6 Å². The van der Waals surface area contributed by atoms with Gasteiger partial charge in [-0.05, 0) is 18.8 Å². The summed E-state index contributed by atoms with van der Waals surface area (Å²) < 4.78 is 0. The Bertz CT molecular complexity index is 315. The van der Waals surface area contributed by atoms with E-state index >= 15 is 0 Å². The summed E-state index contributed by atoms with van der Waals surface area (Å²) >= 11 is 0. The first-order chi connectivity index (χ1) is 7.56. The van der Waals surface area contributed by atoms with E-state index in [-0.39, 0.29) is 11.8 Å². The van der Waals surface area contributed by atoms with Crippen LogP contribution in [0.5, 0.6) is 0 Å². The molecule has 1 N–H and O–H groups in total. The van der Waals surface area contributed by atoms with Gasteiger partial charge in [-0.15, -0.1) is 0 Å². The molecule has 1 aliphatic carbocycles. The zero-order valence-electron chi connectivity index (χ0n) is 9.74. The predicted molar refractivity (Wildman–Crippen MR) is 58.9 cm³/mol. The third-order valence-corrected chi connectivity index (χ3v) is 4.24. The fourth-order valence-corrected chi connectivity index (χ4v) is 3.22. The van der Waals surface area contributed by atoms with Gasteiger partial charge in [-0.3, -0.25) is 9.59 Å². The molecular formula is C12H19NO3. The van der Waals surface area contributed by atoms with Gasteiger partial charge in [-0.25, -0.2) is 0 Å². The number of carbonyl (C=O) groups is 2. The highest BCUT2D eigenvalue weighted by Crippen LogP contribution is 2.45. The highest BCUT2D eigenvalue weighted by Gasteiger charge is 2.52. The molecule has 0 aromatic heterocycles.